The Hall–Kier alpha value is -3.73. The van der Waals surface area contributed by atoms with Gasteiger partial charge in [0.25, 0.3) is 0 Å². The van der Waals surface area contributed by atoms with Crippen molar-refractivity contribution < 1.29 is 19.0 Å². The van der Waals surface area contributed by atoms with Gasteiger partial charge < -0.3 is 29.7 Å². The first-order valence-electron chi connectivity index (χ1n) is 16.8. The van der Waals surface area contributed by atoms with Crippen LogP contribution in [0.2, 0.25) is 10.0 Å². The molecular weight excluding hydrogens is 661 g/mol. The number of halogens is 2. The number of pyridine rings is 2. The van der Waals surface area contributed by atoms with Crippen LogP contribution >= 0.6 is 23.2 Å². The predicted octanol–water partition coefficient (Wildman–Crippen LogP) is 7.17. The summed E-state index contributed by atoms with van der Waals surface area (Å²) in [7, 11) is 3.31. The van der Waals surface area contributed by atoms with E-state index >= 15 is 0 Å². The van der Waals surface area contributed by atoms with E-state index in [1.165, 1.54) is 0 Å². The number of rotatable bonds is 11. The van der Waals surface area contributed by atoms with E-state index < -0.39 is 0 Å². The number of hydrogen-bond donors (Lipinski definition) is 2. The third-order valence-corrected chi connectivity index (χ3v) is 10.3. The number of benzene rings is 2. The van der Waals surface area contributed by atoms with Crippen molar-refractivity contribution in [2.45, 2.75) is 57.8 Å². The van der Waals surface area contributed by atoms with Crippen LogP contribution in [0.3, 0.4) is 0 Å². The van der Waals surface area contributed by atoms with E-state index in [2.05, 4.69) is 21.7 Å². The number of amides is 1. The van der Waals surface area contributed by atoms with Crippen molar-refractivity contribution in [3.8, 4) is 45.3 Å². The summed E-state index contributed by atoms with van der Waals surface area (Å²) in [6, 6.07) is 18.6. The molecule has 0 saturated carbocycles. The molecule has 1 amide bonds. The van der Waals surface area contributed by atoms with Gasteiger partial charge in [-0.2, -0.15) is 0 Å². The van der Waals surface area contributed by atoms with Gasteiger partial charge in [-0.05, 0) is 43.9 Å². The fourth-order valence-electron chi connectivity index (χ4n) is 6.57. The Bertz CT molecular complexity index is 1770. The Labute approximate surface area is 298 Å². The summed E-state index contributed by atoms with van der Waals surface area (Å²) in [6.45, 7) is 6.07. The Morgan fingerprint density at radius 3 is 2.24 bits per heavy atom. The monoisotopic (exact) mass is 703 g/mol. The third-order valence-electron chi connectivity index (χ3n) is 9.47. The van der Waals surface area contributed by atoms with Gasteiger partial charge >= 0.3 is 0 Å². The second-order valence-corrected chi connectivity index (χ2v) is 13.3. The van der Waals surface area contributed by atoms with E-state index in [4.69, 9.17) is 42.4 Å². The lowest BCUT2D eigenvalue weighted by molar-refractivity contribution is -0.129. The van der Waals surface area contributed by atoms with Crippen LogP contribution in [0.15, 0.2) is 60.8 Å². The average molecular weight is 705 g/mol. The highest BCUT2D eigenvalue weighted by Gasteiger charge is 2.22. The molecule has 0 atom stereocenters. The van der Waals surface area contributed by atoms with Crippen LogP contribution in [0, 0.1) is 0 Å². The fraction of sp³-hybridized carbons (Fsp3) is 0.395. The average Bonchev–Trinajstić information content (AvgIpc) is 3.14. The molecule has 2 fully saturated rings. The first kappa shape index (κ1) is 35.1. The zero-order chi connectivity index (χ0) is 34.3. The normalized spacial score (nSPS) is 15.7. The van der Waals surface area contributed by atoms with E-state index in [1.54, 1.807) is 27.3 Å². The number of nitrogens with zero attached hydrogens (tertiary/aromatic N) is 3. The molecule has 11 heteroatoms. The topological polar surface area (TPSA) is 97.8 Å². The van der Waals surface area contributed by atoms with Crippen LogP contribution in [0.4, 0.5) is 0 Å². The van der Waals surface area contributed by atoms with Crippen molar-refractivity contribution in [2.75, 3.05) is 40.5 Å². The van der Waals surface area contributed by atoms with Gasteiger partial charge in [0.15, 0.2) is 0 Å². The summed E-state index contributed by atoms with van der Waals surface area (Å²) in [5, 5.41) is 8.27. The molecule has 4 heterocycles. The summed E-state index contributed by atoms with van der Waals surface area (Å²) in [5.41, 5.74) is 6.54. The van der Waals surface area contributed by atoms with Gasteiger partial charge in [0, 0.05) is 98.0 Å². The van der Waals surface area contributed by atoms with E-state index in [9.17, 15) is 4.79 Å². The molecule has 2 aliphatic rings. The van der Waals surface area contributed by atoms with E-state index in [0.29, 0.717) is 52.5 Å². The number of carbonyl (C=O) groups excluding carboxylic acids is 1. The number of carbonyl (C=O) groups is 1. The van der Waals surface area contributed by atoms with Crippen LogP contribution in [0.1, 0.15) is 43.7 Å². The van der Waals surface area contributed by atoms with Crippen LogP contribution in [-0.4, -0.2) is 73.4 Å². The van der Waals surface area contributed by atoms with Crippen LogP contribution in [0.5, 0.6) is 11.6 Å². The van der Waals surface area contributed by atoms with Crippen molar-refractivity contribution in [2.24, 2.45) is 0 Å². The minimum absolute atomic E-state index is 0.134. The number of hydrogen-bond acceptors (Lipinski definition) is 8. The molecule has 2 aliphatic heterocycles. The van der Waals surface area contributed by atoms with Gasteiger partial charge in [-0.25, -0.2) is 4.98 Å². The molecule has 6 rings (SSSR count). The molecule has 2 aromatic heterocycles. The Morgan fingerprint density at radius 2 is 1.53 bits per heavy atom. The zero-order valence-electron chi connectivity index (χ0n) is 28.2. The molecule has 0 radical (unpaired) electrons. The maximum absolute atomic E-state index is 11.7. The van der Waals surface area contributed by atoms with E-state index in [1.807, 2.05) is 53.4 Å². The lowest BCUT2D eigenvalue weighted by Crippen LogP contribution is -2.44. The van der Waals surface area contributed by atoms with Crippen LogP contribution < -0.4 is 20.1 Å². The second-order valence-electron chi connectivity index (χ2n) is 12.5. The molecule has 0 spiro atoms. The van der Waals surface area contributed by atoms with Crippen molar-refractivity contribution in [1.29, 1.82) is 0 Å². The highest BCUT2D eigenvalue weighted by molar-refractivity contribution is 6.39. The number of piperidine rings is 1. The fourth-order valence-corrected chi connectivity index (χ4v) is 7.22. The smallest absolute Gasteiger partial charge is 0.219 e. The van der Waals surface area contributed by atoms with Gasteiger partial charge in [0.1, 0.15) is 5.75 Å². The summed E-state index contributed by atoms with van der Waals surface area (Å²) < 4.78 is 17.0. The maximum atomic E-state index is 11.7. The second kappa shape index (κ2) is 16.3. The van der Waals surface area contributed by atoms with Gasteiger partial charge in [0.2, 0.25) is 11.8 Å². The molecule has 9 nitrogen and oxygen atoms in total. The molecule has 0 bridgehead atoms. The third kappa shape index (κ3) is 8.19. The number of ether oxygens (including phenoxy) is 3. The van der Waals surface area contributed by atoms with Crippen molar-refractivity contribution in [3.63, 3.8) is 0 Å². The number of likely N-dealkylation sites (tertiary alicyclic amines) is 1. The van der Waals surface area contributed by atoms with Gasteiger partial charge in [0.05, 0.1) is 35.7 Å². The number of methoxy groups -OCH3 is 2. The first-order valence-corrected chi connectivity index (χ1v) is 17.6. The highest BCUT2D eigenvalue weighted by atomic mass is 35.5. The molecule has 4 aromatic rings. The quantitative estimate of drug-likeness (QED) is 0.170. The predicted molar refractivity (Wildman–Crippen MR) is 194 cm³/mol. The summed E-state index contributed by atoms with van der Waals surface area (Å²) in [6.07, 6.45) is 5.60. The Kier molecular flexibility index (Phi) is 11.7. The molecule has 2 saturated heterocycles. The lowest BCUT2D eigenvalue weighted by atomic mass is 9.99. The molecule has 258 valence electrons. The maximum Gasteiger partial charge on any atom is 0.219 e. The van der Waals surface area contributed by atoms with E-state index in [-0.39, 0.29) is 5.91 Å². The summed E-state index contributed by atoms with van der Waals surface area (Å²) in [5.74, 6) is 1.45. The minimum atomic E-state index is 0.134. The van der Waals surface area contributed by atoms with Crippen molar-refractivity contribution in [1.82, 2.24) is 25.5 Å². The first-order chi connectivity index (χ1) is 23.9. The standard InChI is InChI=1S/C38H43Cl2N5O4/c1-24(46)45-17-12-28(13-18-45)43-23-27-9-10-33(44-38(27)48-3)32-6-4-5-30(35(32)39)31-11-16-41-37(36(31)40)25-7-8-26(34(21-25)47-2)22-42-29-14-19-49-20-15-29/h4-11,16,21,28-29,42-43H,12-15,17-20,22-23H2,1-3H3. The molecule has 0 unspecified atom stereocenters. The largest absolute Gasteiger partial charge is 0.496 e. The lowest BCUT2D eigenvalue weighted by Gasteiger charge is -2.31. The molecule has 2 N–H and O–H groups in total. The SMILES string of the molecule is COc1cc(-c2nccc(-c3cccc(-c4ccc(CNC5CCN(C(C)=O)CC5)c(OC)n4)c3Cl)c2Cl)ccc1CNC1CCOCC1. The Morgan fingerprint density at radius 1 is 0.857 bits per heavy atom. The van der Waals surface area contributed by atoms with Crippen LogP contribution in [-0.2, 0) is 22.6 Å². The molecule has 2 aromatic carbocycles. The highest BCUT2D eigenvalue weighted by Crippen LogP contribution is 2.42. The number of nitrogens with one attached hydrogen (secondary N) is 2. The molecular formula is C38H43Cl2N5O4. The molecule has 49 heavy (non-hydrogen) atoms. The van der Waals surface area contributed by atoms with Crippen LogP contribution in [0.25, 0.3) is 33.6 Å². The Balaban J connectivity index is 1.21. The van der Waals surface area contributed by atoms with Gasteiger partial charge in [-0.3, -0.25) is 9.78 Å². The number of aromatic nitrogens is 2. The zero-order valence-corrected chi connectivity index (χ0v) is 29.7. The minimum Gasteiger partial charge on any atom is -0.496 e. The van der Waals surface area contributed by atoms with Gasteiger partial charge in [-0.15, -0.1) is 0 Å². The van der Waals surface area contributed by atoms with Crippen molar-refractivity contribution in [3.05, 3.63) is 82.0 Å². The molecule has 0 aliphatic carbocycles. The summed E-state index contributed by atoms with van der Waals surface area (Å²) >= 11 is 14.2. The van der Waals surface area contributed by atoms with E-state index in [0.717, 1.165) is 91.1 Å². The summed E-state index contributed by atoms with van der Waals surface area (Å²) in [4.78, 5) is 23.1. The van der Waals surface area contributed by atoms with Crippen molar-refractivity contribution >= 4 is 29.1 Å². The van der Waals surface area contributed by atoms with Gasteiger partial charge in [-0.1, -0.05) is 59.6 Å².